The Balaban J connectivity index is 1.87. The predicted molar refractivity (Wildman–Crippen MR) is 69.3 cm³/mol. The number of amides is 1. The van der Waals surface area contributed by atoms with Crippen molar-refractivity contribution in [3.05, 3.63) is 17.0 Å². The number of nitriles is 1. The molecule has 0 bridgehead atoms. The topological polar surface area (TPSA) is 76.4 Å². The fourth-order valence-corrected chi connectivity index (χ4v) is 2.79. The van der Waals surface area contributed by atoms with Gasteiger partial charge in [0.05, 0.1) is 18.2 Å². The molecular weight excluding hydrogens is 250 g/mol. The van der Waals surface area contributed by atoms with Crippen LogP contribution in [0.5, 0.6) is 0 Å². The maximum atomic E-state index is 11.8. The molecule has 1 unspecified atom stereocenters. The maximum absolute atomic E-state index is 11.8. The van der Waals surface area contributed by atoms with Crippen LogP contribution in [0.15, 0.2) is 11.4 Å². The van der Waals surface area contributed by atoms with Gasteiger partial charge in [0.2, 0.25) is 5.91 Å². The highest BCUT2D eigenvalue weighted by Crippen LogP contribution is 2.22. The van der Waals surface area contributed by atoms with Crippen molar-refractivity contribution in [1.29, 1.82) is 5.26 Å². The van der Waals surface area contributed by atoms with Crippen molar-refractivity contribution in [2.24, 2.45) is 0 Å². The number of anilines is 1. The van der Waals surface area contributed by atoms with Crippen molar-refractivity contribution in [3.8, 4) is 6.07 Å². The summed E-state index contributed by atoms with van der Waals surface area (Å²) >= 11 is 1.34. The van der Waals surface area contributed by atoms with Gasteiger partial charge in [0.25, 0.3) is 0 Å². The highest BCUT2D eigenvalue weighted by molar-refractivity contribution is 7.14. The van der Waals surface area contributed by atoms with Crippen LogP contribution >= 0.6 is 11.3 Å². The zero-order valence-corrected chi connectivity index (χ0v) is 10.7. The molecule has 1 aromatic rings. The summed E-state index contributed by atoms with van der Waals surface area (Å²) in [5, 5.41) is 23.5. The van der Waals surface area contributed by atoms with Crippen molar-refractivity contribution < 1.29 is 9.90 Å². The predicted octanol–water partition coefficient (Wildman–Crippen LogP) is 1.01. The van der Waals surface area contributed by atoms with E-state index in [-0.39, 0.29) is 18.6 Å². The van der Waals surface area contributed by atoms with Crippen LogP contribution in [0, 0.1) is 11.3 Å². The number of hydrogen-bond donors (Lipinski definition) is 2. The van der Waals surface area contributed by atoms with E-state index in [2.05, 4.69) is 5.32 Å². The second-order valence-corrected chi connectivity index (χ2v) is 5.27. The Kier molecular flexibility index (Phi) is 4.31. The molecule has 5 nitrogen and oxygen atoms in total. The van der Waals surface area contributed by atoms with Crippen LogP contribution in [0.2, 0.25) is 0 Å². The van der Waals surface area contributed by atoms with E-state index in [1.54, 1.807) is 11.4 Å². The number of likely N-dealkylation sites (tertiary alicyclic amines) is 1. The summed E-state index contributed by atoms with van der Waals surface area (Å²) in [6.45, 7) is 1.64. The molecule has 0 aromatic carbocycles. The summed E-state index contributed by atoms with van der Waals surface area (Å²) < 4.78 is 0. The minimum atomic E-state index is -0.331. The first-order valence-electron chi connectivity index (χ1n) is 5.87. The molecule has 1 aromatic heterocycles. The normalized spacial score (nSPS) is 20.3. The molecule has 0 spiro atoms. The lowest BCUT2D eigenvalue weighted by Gasteiger charge is -2.29. The number of β-amino-alcohol motifs (C(OH)–C–C–N with tert-alkyl or cyclic N) is 1. The van der Waals surface area contributed by atoms with Gasteiger partial charge < -0.3 is 10.4 Å². The molecule has 1 atom stereocenters. The molecule has 0 aliphatic carbocycles. The van der Waals surface area contributed by atoms with E-state index in [0.717, 1.165) is 19.4 Å². The Hall–Kier alpha value is -1.42. The van der Waals surface area contributed by atoms with Crippen molar-refractivity contribution in [2.75, 3.05) is 25.0 Å². The summed E-state index contributed by atoms with van der Waals surface area (Å²) in [4.78, 5) is 13.7. The fourth-order valence-electron chi connectivity index (χ4n) is 2.04. The zero-order valence-electron chi connectivity index (χ0n) is 9.93. The Morgan fingerprint density at radius 1 is 1.72 bits per heavy atom. The summed E-state index contributed by atoms with van der Waals surface area (Å²) in [5.41, 5.74) is 0.493. The lowest BCUT2D eigenvalue weighted by Crippen LogP contribution is -2.42. The van der Waals surface area contributed by atoms with E-state index < -0.39 is 0 Å². The lowest BCUT2D eigenvalue weighted by atomic mass is 10.1. The van der Waals surface area contributed by atoms with Crippen LogP contribution in [0.25, 0.3) is 0 Å². The number of nitrogens with zero attached hydrogens (tertiary/aromatic N) is 2. The molecule has 1 amide bonds. The molecule has 1 saturated heterocycles. The third-order valence-corrected chi connectivity index (χ3v) is 3.72. The number of thiophene rings is 1. The van der Waals surface area contributed by atoms with E-state index in [1.807, 2.05) is 11.0 Å². The third-order valence-electron chi connectivity index (χ3n) is 2.89. The molecule has 1 aliphatic rings. The average molecular weight is 265 g/mol. The number of rotatable bonds is 3. The van der Waals surface area contributed by atoms with Gasteiger partial charge >= 0.3 is 0 Å². The third kappa shape index (κ3) is 3.29. The highest BCUT2D eigenvalue weighted by atomic mass is 32.1. The van der Waals surface area contributed by atoms with E-state index in [0.29, 0.717) is 17.1 Å². The van der Waals surface area contributed by atoms with Gasteiger partial charge in [-0.25, -0.2) is 0 Å². The molecule has 2 heterocycles. The smallest absolute Gasteiger partial charge is 0.239 e. The van der Waals surface area contributed by atoms with Crippen molar-refractivity contribution >= 4 is 22.2 Å². The molecule has 96 valence electrons. The summed E-state index contributed by atoms with van der Waals surface area (Å²) in [5.74, 6) is -0.136. The zero-order chi connectivity index (χ0) is 13.0. The minimum absolute atomic E-state index is 0.136. The van der Waals surface area contributed by atoms with Gasteiger partial charge in [-0.1, -0.05) is 0 Å². The molecule has 1 fully saturated rings. The number of hydrogen-bond acceptors (Lipinski definition) is 5. The Morgan fingerprint density at radius 2 is 2.56 bits per heavy atom. The fraction of sp³-hybridized carbons (Fsp3) is 0.500. The lowest BCUT2D eigenvalue weighted by molar-refractivity contribution is -0.117. The molecule has 2 N–H and O–H groups in total. The second kappa shape index (κ2) is 5.96. The van der Waals surface area contributed by atoms with Gasteiger partial charge in [0, 0.05) is 6.54 Å². The molecule has 0 radical (unpaired) electrons. The molecular formula is C12H15N3O2S. The van der Waals surface area contributed by atoms with E-state index in [1.165, 1.54) is 11.3 Å². The Morgan fingerprint density at radius 3 is 3.28 bits per heavy atom. The molecule has 2 rings (SSSR count). The largest absolute Gasteiger partial charge is 0.392 e. The van der Waals surface area contributed by atoms with Gasteiger partial charge in [-0.15, -0.1) is 11.3 Å². The molecule has 0 saturated carbocycles. The quantitative estimate of drug-likeness (QED) is 0.855. The first-order chi connectivity index (χ1) is 8.69. The van der Waals surface area contributed by atoms with Gasteiger partial charge in [0.15, 0.2) is 0 Å². The highest BCUT2D eigenvalue weighted by Gasteiger charge is 2.20. The summed E-state index contributed by atoms with van der Waals surface area (Å²) in [7, 11) is 0. The second-order valence-electron chi connectivity index (χ2n) is 4.35. The number of carbonyl (C=O) groups is 1. The maximum Gasteiger partial charge on any atom is 0.239 e. The Labute approximate surface area is 110 Å². The first-order valence-corrected chi connectivity index (χ1v) is 6.75. The van der Waals surface area contributed by atoms with Crippen LogP contribution in [0.4, 0.5) is 5.00 Å². The van der Waals surface area contributed by atoms with E-state index in [4.69, 9.17) is 5.26 Å². The van der Waals surface area contributed by atoms with E-state index in [9.17, 15) is 9.90 Å². The van der Waals surface area contributed by atoms with Crippen LogP contribution < -0.4 is 5.32 Å². The number of carbonyl (C=O) groups excluding carboxylic acids is 1. The standard InChI is InChI=1S/C12H15N3O2S/c13-6-9-3-5-18-12(9)14-11(17)8-15-4-1-2-10(16)7-15/h3,5,10,16H,1-2,4,7-8H2,(H,14,17). The average Bonchev–Trinajstić information content (AvgIpc) is 2.76. The minimum Gasteiger partial charge on any atom is -0.392 e. The molecule has 6 heteroatoms. The Bertz CT molecular complexity index is 466. The monoisotopic (exact) mass is 265 g/mol. The number of aliphatic hydroxyl groups is 1. The van der Waals surface area contributed by atoms with Crippen molar-refractivity contribution in [3.63, 3.8) is 0 Å². The summed E-state index contributed by atoms with van der Waals surface area (Å²) in [6, 6.07) is 3.72. The number of piperidine rings is 1. The van der Waals surface area contributed by atoms with Crippen LogP contribution in [-0.4, -0.2) is 41.7 Å². The van der Waals surface area contributed by atoms with Crippen molar-refractivity contribution in [1.82, 2.24) is 4.90 Å². The first kappa shape index (κ1) is 13.0. The van der Waals surface area contributed by atoms with Gasteiger partial charge in [-0.3, -0.25) is 9.69 Å². The molecule has 18 heavy (non-hydrogen) atoms. The molecule has 1 aliphatic heterocycles. The van der Waals surface area contributed by atoms with Crippen molar-refractivity contribution in [2.45, 2.75) is 18.9 Å². The number of nitrogens with one attached hydrogen (secondary N) is 1. The van der Waals surface area contributed by atoms with Gasteiger partial charge in [0.1, 0.15) is 11.1 Å². The van der Waals surface area contributed by atoms with E-state index >= 15 is 0 Å². The van der Waals surface area contributed by atoms with Crippen LogP contribution in [-0.2, 0) is 4.79 Å². The van der Waals surface area contributed by atoms with Crippen LogP contribution in [0.3, 0.4) is 0 Å². The van der Waals surface area contributed by atoms with Gasteiger partial charge in [-0.05, 0) is 30.8 Å². The summed E-state index contributed by atoms with van der Waals surface area (Å²) in [6.07, 6.45) is 1.39. The van der Waals surface area contributed by atoms with Crippen LogP contribution in [0.1, 0.15) is 18.4 Å². The number of aliphatic hydroxyl groups excluding tert-OH is 1. The van der Waals surface area contributed by atoms with Gasteiger partial charge in [-0.2, -0.15) is 5.26 Å². The SMILES string of the molecule is N#Cc1ccsc1NC(=O)CN1CCCC(O)C1.